The SMILES string of the molecule is O=C1C(Cl)=C(Cl)C(O)N1c1nn[nH]n1. The van der Waals surface area contributed by atoms with Gasteiger partial charge in [0.1, 0.15) is 5.03 Å². The van der Waals surface area contributed by atoms with Gasteiger partial charge in [-0.3, -0.25) is 4.79 Å². The Morgan fingerprint density at radius 3 is 2.64 bits per heavy atom. The molecule has 0 bridgehead atoms. The Hall–Kier alpha value is -1.18. The van der Waals surface area contributed by atoms with E-state index in [2.05, 4.69) is 20.6 Å². The van der Waals surface area contributed by atoms with E-state index < -0.39 is 12.1 Å². The normalized spacial score (nSPS) is 22.4. The number of carbonyl (C=O) groups is 1. The van der Waals surface area contributed by atoms with Crippen molar-refractivity contribution in [1.29, 1.82) is 0 Å². The number of aliphatic hydroxyl groups is 1. The predicted octanol–water partition coefficient (Wildman–Crippen LogP) is -0.446. The summed E-state index contributed by atoms with van der Waals surface area (Å²) >= 11 is 11.1. The summed E-state index contributed by atoms with van der Waals surface area (Å²) in [4.78, 5) is 12.2. The van der Waals surface area contributed by atoms with Gasteiger partial charge in [-0.15, -0.1) is 5.10 Å². The van der Waals surface area contributed by atoms with Crippen LogP contribution in [-0.2, 0) is 4.79 Å². The average Bonchev–Trinajstić information content (AvgIpc) is 2.73. The molecule has 0 radical (unpaired) electrons. The van der Waals surface area contributed by atoms with Gasteiger partial charge in [-0.05, 0) is 5.21 Å². The van der Waals surface area contributed by atoms with Gasteiger partial charge < -0.3 is 5.11 Å². The number of halogens is 2. The number of carbonyl (C=O) groups excluding carboxylic acids is 1. The van der Waals surface area contributed by atoms with Crippen molar-refractivity contribution in [2.45, 2.75) is 6.23 Å². The number of hydrogen-bond acceptors (Lipinski definition) is 5. The lowest BCUT2D eigenvalue weighted by molar-refractivity contribution is -0.115. The Morgan fingerprint density at radius 2 is 2.21 bits per heavy atom. The maximum atomic E-state index is 11.4. The maximum Gasteiger partial charge on any atom is 0.276 e. The molecule has 1 amide bonds. The van der Waals surface area contributed by atoms with E-state index in [-0.39, 0.29) is 16.0 Å². The Kier molecular flexibility index (Phi) is 2.14. The van der Waals surface area contributed by atoms with Crippen LogP contribution in [0.1, 0.15) is 0 Å². The minimum atomic E-state index is -1.35. The molecule has 2 N–H and O–H groups in total. The molecule has 0 fully saturated rings. The molecule has 1 aromatic heterocycles. The minimum Gasteiger partial charge on any atom is -0.368 e. The highest BCUT2D eigenvalue weighted by molar-refractivity contribution is 6.51. The Labute approximate surface area is 87.3 Å². The Morgan fingerprint density at radius 1 is 1.50 bits per heavy atom. The van der Waals surface area contributed by atoms with E-state index in [1.807, 2.05) is 0 Å². The van der Waals surface area contributed by atoms with Gasteiger partial charge in [-0.2, -0.15) is 5.21 Å². The number of tetrazole rings is 1. The van der Waals surface area contributed by atoms with Gasteiger partial charge in [0, 0.05) is 0 Å². The molecule has 0 aliphatic carbocycles. The summed E-state index contributed by atoms with van der Waals surface area (Å²) in [5.41, 5.74) is 0. The Balaban J connectivity index is 2.39. The summed E-state index contributed by atoms with van der Waals surface area (Å²) in [6.45, 7) is 0. The molecule has 2 rings (SSSR count). The van der Waals surface area contributed by atoms with Gasteiger partial charge in [0.15, 0.2) is 6.23 Å². The van der Waals surface area contributed by atoms with Crippen molar-refractivity contribution in [3.8, 4) is 0 Å². The number of aromatic nitrogens is 4. The van der Waals surface area contributed by atoms with Crippen molar-refractivity contribution >= 4 is 35.1 Å². The zero-order valence-corrected chi connectivity index (χ0v) is 7.99. The molecule has 2 heterocycles. The van der Waals surface area contributed by atoms with Gasteiger partial charge in [0.25, 0.3) is 11.9 Å². The average molecular weight is 236 g/mol. The summed E-state index contributed by atoms with van der Waals surface area (Å²) in [6.07, 6.45) is -1.35. The van der Waals surface area contributed by atoms with E-state index in [1.54, 1.807) is 0 Å². The number of rotatable bonds is 1. The third kappa shape index (κ3) is 1.17. The molecule has 0 saturated carbocycles. The predicted molar refractivity (Wildman–Crippen MR) is 46.4 cm³/mol. The van der Waals surface area contributed by atoms with Gasteiger partial charge >= 0.3 is 0 Å². The number of anilines is 1. The third-order valence-corrected chi connectivity index (χ3v) is 2.48. The third-order valence-electron chi connectivity index (χ3n) is 1.64. The first-order valence-corrected chi connectivity index (χ1v) is 4.18. The van der Waals surface area contributed by atoms with Crippen LogP contribution in [0.3, 0.4) is 0 Å². The zero-order valence-electron chi connectivity index (χ0n) is 6.48. The van der Waals surface area contributed by atoms with E-state index in [0.29, 0.717) is 0 Å². The molecule has 7 nitrogen and oxygen atoms in total. The van der Waals surface area contributed by atoms with Crippen molar-refractivity contribution in [2.24, 2.45) is 0 Å². The first-order valence-electron chi connectivity index (χ1n) is 3.43. The van der Waals surface area contributed by atoms with Crippen molar-refractivity contribution in [3.05, 3.63) is 10.1 Å². The molecule has 1 aromatic rings. The monoisotopic (exact) mass is 235 g/mol. The fraction of sp³-hybridized carbons (Fsp3) is 0.200. The van der Waals surface area contributed by atoms with Crippen LogP contribution in [0.2, 0.25) is 0 Å². The van der Waals surface area contributed by atoms with E-state index in [9.17, 15) is 9.90 Å². The number of aromatic amines is 1. The van der Waals surface area contributed by atoms with Crippen LogP contribution in [0.5, 0.6) is 0 Å². The smallest absolute Gasteiger partial charge is 0.276 e. The van der Waals surface area contributed by atoms with Crippen LogP contribution in [0, 0.1) is 0 Å². The lowest BCUT2D eigenvalue weighted by Crippen LogP contribution is -2.35. The summed E-state index contributed by atoms with van der Waals surface area (Å²) in [6, 6.07) is 0. The van der Waals surface area contributed by atoms with Crippen molar-refractivity contribution in [2.75, 3.05) is 4.90 Å². The van der Waals surface area contributed by atoms with E-state index in [4.69, 9.17) is 23.2 Å². The molecule has 74 valence electrons. The number of hydrogen-bond donors (Lipinski definition) is 2. The highest BCUT2D eigenvalue weighted by Crippen LogP contribution is 2.31. The minimum absolute atomic E-state index is 0.0868. The first kappa shape index (κ1) is 9.38. The largest absolute Gasteiger partial charge is 0.368 e. The van der Waals surface area contributed by atoms with Crippen molar-refractivity contribution < 1.29 is 9.90 Å². The molecule has 1 aliphatic heterocycles. The lowest BCUT2D eigenvalue weighted by Gasteiger charge is -2.15. The molecule has 0 spiro atoms. The Bertz CT molecular complexity index is 402. The second-order valence-corrected chi connectivity index (χ2v) is 3.21. The highest BCUT2D eigenvalue weighted by Gasteiger charge is 2.39. The number of nitrogens with one attached hydrogen (secondary N) is 1. The maximum absolute atomic E-state index is 11.4. The van der Waals surface area contributed by atoms with Crippen LogP contribution in [0.25, 0.3) is 0 Å². The van der Waals surface area contributed by atoms with Gasteiger partial charge in [0.05, 0.1) is 5.03 Å². The van der Waals surface area contributed by atoms with Crippen LogP contribution < -0.4 is 4.90 Å². The summed E-state index contributed by atoms with van der Waals surface area (Å²) in [5, 5.41) is 21.5. The van der Waals surface area contributed by atoms with Crippen molar-refractivity contribution in [3.63, 3.8) is 0 Å². The summed E-state index contributed by atoms with van der Waals surface area (Å²) < 4.78 is 0. The van der Waals surface area contributed by atoms with Gasteiger partial charge in [-0.1, -0.05) is 28.3 Å². The molecule has 14 heavy (non-hydrogen) atoms. The van der Waals surface area contributed by atoms with E-state index in [1.165, 1.54) is 0 Å². The summed E-state index contributed by atoms with van der Waals surface area (Å²) in [5.74, 6) is -0.748. The molecular weight excluding hydrogens is 233 g/mol. The molecule has 0 saturated heterocycles. The molecule has 9 heteroatoms. The van der Waals surface area contributed by atoms with Crippen molar-refractivity contribution in [1.82, 2.24) is 20.6 Å². The first-order chi connectivity index (χ1) is 6.63. The van der Waals surface area contributed by atoms with E-state index >= 15 is 0 Å². The van der Waals surface area contributed by atoms with Gasteiger partial charge in [0.2, 0.25) is 0 Å². The summed E-state index contributed by atoms with van der Waals surface area (Å²) in [7, 11) is 0. The second kappa shape index (κ2) is 3.19. The second-order valence-electron chi connectivity index (χ2n) is 2.42. The molecule has 1 unspecified atom stereocenters. The molecule has 1 aliphatic rings. The topological polar surface area (TPSA) is 95.0 Å². The van der Waals surface area contributed by atoms with E-state index in [0.717, 1.165) is 4.90 Å². The fourth-order valence-corrected chi connectivity index (χ4v) is 1.37. The zero-order chi connectivity index (χ0) is 10.3. The number of aliphatic hydroxyl groups excluding tert-OH is 1. The number of H-pyrrole nitrogens is 1. The lowest BCUT2D eigenvalue weighted by atomic mass is 10.5. The standard InChI is InChI=1S/C5H3Cl2N5O2/c6-1-2(7)4(14)12(3(1)13)5-8-10-11-9-5/h3,13H,(H,8,9,10,11). The van der Waals surface area contributed by atoms with Crippen LogP contribution in [0.15, 0.2) is 10.1 Å². The highest BCUT2D eigenvalue weighted by atomic mass is 35.5. The molecule has 0 aromatic carbocycles. The molecular formula is C5H3Cl2N5O2. The molecule has 1 atom stereocenters. The quantitative estimate of drug-likeness (QED) is 0.688. The van der Waals surface area contributed by atoms with Crippen LogP contribution in [0.4, 0.5) is 5.95 Å². The fourth-order valence-electron chi connectivity index (χ4n) is 1.00. The number of nitrogens with zero attached hydrogens (tertiary/aromatic N) is 4. The number of amides is 1. The van der Waals surface area contributed by atoms with Gasteiger partial charge in [-0.25, -0.2) is 4.90 Å². The van der Waals surface area contributed by atoms with Crippen LogP contribution >= 0.6 is 23.2 Å². The van der Waals surface area contributed by atoms with Crippen LogP contribution in [-0.4, -0.2) is 37.9 Å².